The van der Waals surface area contributed by atoms with Crippen LogP contribution in [0.2, 0.25) is 0 Å². The van der Waals surface area contributed by atoms with Gasteiger partial charge in [0, 0.05) is 23.4 Å². The number of benzene rings is 3. The Morgan fingerprint density at radius 2 is 1.86 bits per heavy atom. The molecule has 1 N–H and O–H groups in total. The fourth-order valence-electron chi connectivity index (χ4n) is 5.74. The average molecular weight is 495 g/mol. The van der Waals surface area contributed by atoms with Crippen LogP contribution in [0.15, 0.2) is 82.4 Å². The van der Waals surface area contributed by atoms with E-state index in [1.807, 2.05) is 18.2 Å². The van der Waals surface area contributed by atoms with E-state index in [4.69, 9.17) is 9.15 Å². The van der Waals surface area contributed by atoms with Gasteiger partial charge >= 0.3 is 0 Å². The first kappa shape index (κ1) is 23.0. The number of hydrogen-bond donors (Lipinski definition) is 1. The number of nitro benzene ring substituents is 1. The van der Waals surface area contributed by atoms with Gasteiger partial charge in [0.1, 0.15) is 17.3 Å². The van der Waals surface area contributed by atoms with E-state index < -0.39 is 10.8 Å². The summed E-state index contributed by atoms with van der Waals surface area (Å²) in [5.74, 6) is 1.02. The van der Waals surface area contributed by atoms with Crippen molar-refractivity contribution < 1.29 is 18.9 Å². The number of nitro groups is 1. The van der Waals surface area contributed by atoms with E-state index in [1.165, 1.54) is 13.2 Å². The fourth-order valence-corrected chi connectivity index (χ4v) is 5.74. The first-order valence-corrected chi connectivity index (χ1v) is 12.2. The SMILES string of the molecule is COc1ccc(-c2ccc(C3C4=C(CC(C)(C)CC4=O)Nc4ccc5ccccc5c43)o2)c([N+](=O)[O-])c1. The molecular formula is C30H26N2O5. The van der Waals surface area contributed by atoms with Crippen LogP contribution >= 0.6 is 0 Å². The minimum Gasteiger partial charge on any atom is -0.497 e. The summed E-state index contributed by atoms with van der Waals surface area (Å²) in [6, 6.07) is 20.5. The molecule has 0 radical (unpaired) electrons. The maximum atomic E-state index is 13.6. The summed E-state index contributed by atoms with van der Waals surface area (Å²) in [6.45, 7) is 4.21. The van der Waals surface area contributed by atoms with Crippen LogP contribution < -0.4 is 10.1 Å². The molecule has 7 heteroatoms. The second-order valence-corrected chi connectivity index (χ2v) is 10.5. The monoisotopic (exact) mass is 494 g/mol. The molecule has 4 aromatic rings. The van der Waals surface area contributed by atoms with Crippen molar-refractivity contribution in [3.8, 4) is 17.1 Å². The summed E-state index contributed by atoms with van der Waals surface area (Å²) in [5.41, 5.74) is 3.66. The average Bonchev–Trinajstić information content (AvgIpc) is 3.36. The highest BCUT2D eigenvalue weighted by molar-refractivity contribution is 6.04. The predicted molar refractivity (Wildman–Crippen MR) is 142 cm³/mol. The molecule has 0 fully saturated rings. The molecule has 1 atom stereocenters. The number of fused-ring (bicyclic) bond motifs is 3. The van der Waals surface area contributed by atoms with Gasteiger partial charge in [-0.3, -0.25) is 14.9 Å². The van der Waals surface area contributed by atoms with E-state index in [1.54, 1.807) is 18.2 Å². The van der Waals surface area contributed by atoms with E-state index in [0.29, 0.717) is 34.8 Å². The molecule has 0 saturated heterocycles. The van der Waals surface area contributed by atoms with Crippen LogP contribution in [-0.4, -0.2) is 17.8 Å². The molecule has 37 heavy (non-hydrogen) atoms. The summed E-state index contributed by atoms with van der Waals surface area (Å²) >= 11 is 0. The zero-order valence-electron chi connectivity index (χ0n) is 20.8. The first-order valence-electron chi connectivity index (χ1n) is 12.2. The summed E-state index contributed by atoms with van der Waals surface area (Å²) < 4.78 is 11.5. The van der Waals surface area contributed by atoms with Crippen molar-refractivity contribution in [3.63, 3.8) is 0 Å². The van der Waals surface area contributed by atoms with Gasteiger partial charge in [-0.15, -0.1) is 0 Å². The number of ether oxygens (including phenoxy) is 1. The topological polar surface area (TPSA) is 94.6 Å². The number of anilines is 1. The molecule has 1 aliphatic heterocycles. The van der Waals surface area contributed by atoms with Gasteiger partial charge in [-0.1, -0.05) is 44.2 Å². The van der Waals surface area contributed by atoms with Crippen LogP contribution in [0.5, 0.6) is 5.75 Å². The van der Waals surface area contributed by atoms with Crippen LogP contribution in [0.25, 0.3) is 22.1 Å². The molecule has 0 spiro atoms. The number of rotatable bonds is 4. The van der Waals surface area contributed by atoms with Crippen molar-refractivity contribution in [2.75, 3.05) is 12.4 Å². The lowest BCUT2D eigenvalue weighted by atomic mass is 9.69. The Balaban J connectivity index is 1.56. The number of carbonyl (C=O) groups is 1. The molecule has 0 saturated carbocycles. The molecule has 0 bridgehead atoms. The number of carbonyl (C=O) groups excluding carboxylic acids is 1. The van der Waals surface area contributed by atoms with Crippen LogP contribution in [0.3, 0.4) is 0 Å². The quantitative estimate of drug-likeness (QED) is 0.238. The number of ketones is 1. The Labute approximate surface area is 213 Å². The number of nitrogens with zero attached hydrogens (tertiary/aromatic N) is 1. The van der Waals surface area contributed by atoms with Gasteiger partial charge in [-0.05, 0) is 58.5 Å². The Morgan fingerprint density at radius 1 is 1.05 bits per heavy atom. The normalized spacial score (nSPS) is 18.2. The third kappa shape index (κ3) is 3.78. The van der Waals surface area contributed by atoms with E-state index in [2.05, 4.69) is 43.4 Å². The number of allylic oxidation sites excluding steroid dienone is 2. The standard InChI is InChI=1S/C30H26N2O5/c1-30(2)15-22-28(24(33)16-30)29(27-19-7-5-4-6-17(19)8-11-21(27)31-22)26-13-12-25(37-26)20-10-9-18(36-3)14-23(20)32(34)35/h4-14,29,31H,15-16H2,1-3H3. The largest absolute Gasteiger partial charge is 0.497 e. The van der Waals surface area contributed by atoms with E-state index in [9.17, 15) is 14.9 Å². The number of furan rings is 1. The van der Waals surface area contributed by atoms with Crippen molar-refractivity contribution in [2.24, 2.45) is 5.41 Å². The van der Waals surface area contributed by atoms with Gasteiger partial charge in [0.05, 0.1) is 29.6 Å². The second-order valence-electron chi connectivity index (χ2n) is 10.5. The molecule has 7 nitrogen and oxygen atoms in total. The Morgan fingerprint density at radius 3 is 2.65 bits per heavy atom. The predicted octanol–water partition coefficient (Wildman–Crippen LogP) is 7.22. The highest BCUT2D eigenvalue weighted by atomic mass is 16.6. The number of nitrogens with one attached hydrogen (secondary N) is 1. The summed E-state index contributed by atoms with van der Waals surface area (Å²) in [6.07, 6.45) is 1.19. The van der Waals surface area contributed by atoms with Crippen LogP contribution in [0.4, 0.5) is 11.4 Å². The molecule has 6 rings (SSSR count). The molecule has 1 unspecified atom stereocenters. The lowest BCUT2D eigenvalue weighted by molar-refractivity contribution is -0.384. The Kier molecular flexibility index (Phi) is 5.19. The number of hydrogen-bond acceptors (Lipinski definition) is 6. The lowest BCUT2D eigenvalue weighted by Gasteiger charge is -2.39. The van der Waals surface area contributed by atoms with Crippen molar-refractivity contribution in [1.82, 2.24) is 0 Å². The zero-order chi connectivity index (χ0) is 25.9. The lowest BCUT2D eigenvalue weighted by Crippen LogP contribution is -2.33. The molecule has 0 amide bonds. The van der Waals surface area contributed by atoms with Crippen LogP contribution in [0, 0.1) is 15.5 Å². The minimum absolute atomic E-state index is 0.0933. The summed E-state index contributed by atoms with van der Waals surface area (Å²) in [5, 5.41) is 17.5. The third-order valence-corrected chi connectivity index (χ3v) is 7.33. The number of methoxy groups -OCH3 is 1. The molecule has 2 aliphatic rings. The van der Waals surface area contributed by atoms with Crippen LogP contribution in [-0.2, 0) is 4.79 Å². The molecule has 3 aromatic carbocycles. The molecule has 1 aromatic heterocycles. The van der Waals surface area contributed by atoms with Gasteiger partial charge in [-0.2, -0.15) is 0 Å². The molecule has 2 heterocycles. The maximum absolute atomic E-state index is 13.6. The second kappa shape index (κ2) is 8.34. The highest BCUT2D eigenvalue weighted by Gasteiger charge is 2.42. The van der Waals surface area contributed by atoms with E-state index in [-0.39, 0.29) is 16.9 Å². The van der Waals surface area contributed by atoms with Crippen molar-refractivity contribution in [2.45, 2.75) is 32.6 Å². The van der Waals surface area contributed by atoms with Gasteiger partial charge in [0.15, 0.2) is 5.78 Å². The molecule has 1 aliphatic carbocycles. The van der Waals surface area contributed by atoms with Gasteiger partial charge in [0.2, 0.25) is 0 Å². The van der Waals surface area contributed by atoms with Gasteiger partial charge < -0.3 is 14.5 Å². The van der Waals surface area contributed by atoms with Crippen molar-refractivity contribution in [1.29, 1.82) is 0 Å². The maximum Gasteiger partial charge on any atom is 0.284 e. The Hall–Kier alpha value is -4.39. The fraction of sp³-hybridized carbons (Fsp3) is 0.233. The van der Waals surface area contributed by atoms with Crippen LogP contribution in [0.1, 0.15) is 43.9 Å². The molecule has 186 valence electrons. The van der Waals surface area contributed by atoms with E-state index >= 15 is 0 Å². The van der Waals surface area contributed by atoms with E-state index in [0.717, 1.165) is 34.1 Å². The minimum atomic E-state index is -0.444. The van der Waals surface area contributed by atoms with Gasteiger partial charge in [0.25, 0.3) is 5.69 Å². The van der Waals surface area contributed by atoms with Gasteiger partial charge in [-0.25, -0.2) is 0 Å². The highest BCUT2D eigenvalue weighted by Crippen LogP contribution is 2.51. The van der Waals surface area contributed by atoms with Crippen molar-refractivity contribution >= 4 is 27.9 Å². The third-order valence-electron chi connectivity index (χ3n) is 7.33. The van der Waals surface area contributed by atoms with Crippen molar-refractivity contribution in [3.05, 3.63) is 99.4 Å². The summed E-state index contributed by atoms with van der Waals surface area (Å²) in [7, 11) is 1.47. The first-order chi connectivity index (χ1) is 17.8. The zero-order valence-corrected chi connectivity index (χ0v) is 20.8. The smallest absolute Gasteiger partial charge is 0.284 e. The molecular weight excluding hydrogens is 468 g/mol. The Bertz CT molecular complexity index is 1630. The summed E-state index contributed by atoms with van der Waals surface area (Å²) in [4.78, 5) is 25.0. The number of Topliss-reactive ketones (excluding diaryl/α,β-unsaturated/α-hetero) is 1.